The molecule has 0 unspecified atom stereocenters. The van der Waals surface area contributed by atoms with E-state index in [0.717, 1.165) is 41.4 Å². The number of hydrogen-bond acceptors (Lipinski definition) is 2. The number of hydrogen-bond donors (Lipinski definition) is 0. The first-order valence-corrected chi connectivity index (χ1v) is 8.93. The van der Waals surface area contributed by atoms with Gasteiger partial charge in [-0.05, 0) is 49.2 Å². The van der Waals surface area contributed by atoms with Gasteiger partial charge in [0.1, 0.15) is 0 Å². The van der Waals surface area contributed by atoms with Crippen LogP contribution in [0.2, 0.25) is 0 Å². The molecule has 144 valence electrons. The van der Waals surface area contributed by atoms with Crippen LogP contribution < -0.4 is 9.80 Å². The molecule has 0 saturated heterocycles. The minimum Gasteiger partial charge on any atom is -0.297 e. The van der Waals surface area contributed by atoms with E-state index < -0.39 is 11.7 Å². The summed E-state index contributed by atoms with van der Waals surface area (Å²) in [6, 6.07) is 12.0. The molecule has 2 aromatic carbocycles. The lowest BCUT2D eigenvalue weighted by Crippen LogP contribution is -2.43. The van der Waals surface area contributed by atoms with E-state index in [-0.39, 0.29) is 12.1 Å². The second-order valence-corrected chi connectivity index (χ2v) is 6.86. The van der Waals surface area contributed by atoms with Crippen LogP contribution >= 0.6 is 0 Å². The van der Waals surface area contributed by atoms with Gasteiger partial charge in [-0.1, -0.05) is 12.1 Å². The zero-order valence-corrected chi connectivity index (χ0v) is 15.1. The number of carbonyl (C=O) groups is 1. The molecule has 0 atom stereocenters. The van der Waals surface area contributed by atoms with Crippen LogP contribution in [-0.4, -0.2) is 24.1 Å². The summed E-state index contributed by atoms with van der Waals surface area (Å²) in [5.74, 6) is 0. The average Bonchev–Trinajstić information content (AvgIpc) is 3.52. The number of anilines is 2. The van der Waals surface area contributed by atoms with Gasteiger partial charge in [0.2, 0.25) is 0 Å². The van der Waals surface area contributed by atoms with E-state index in [1.54, 1.807) is 24.3 Å². The van der Waals surface area contributed by atoms with Gasteiger partial charge in [0, 0.05) is 41.9 Å². The topological polar surface area (TPSA) is 36.4 Å². The fraction of sp³-hybridized carbons (Fsp3) is 0.238. The first-order valence-electron chi connectivity index (χ1n) is 8.93. The van der Waals surface area contributed by atoms with E-state index >= 15 is 0 Å². The maximum Gasteiger partial charge on any atom is 0.416 e. The van der Waals surface area contributed by atoms with Crippen LogP contribution in [0.25, 0.3) is 10.8 Å². The smallest absolute Gasteiger partial charge is 0.297 e. The van der Waals surface area contributed by atoms with E-state index in [0.29, 0.717) is 5.69 Å². The zero-order chi connectivity index (χ0) is 19.9. The van der Waals surface area contributed by atoms with Crippen LogP contribution in [0.4, 0.5) is 29.3 Å². The molecule has 1 fully saturated rings. The van der Waals surface area contributed by atoms with Crippen LogP contribution in [0.15, 0.2) is 60.9 Å². The van der Waals surface area contributed by atoms with Crippen molar-refractivity contribution < 1.29 is 18.0 Å². The van der Waals surface area contributed by atoms with E-state index in [4.69, 9.17) is 0 Å². The molecule has 28 heavy (non-hydrogen) atoms. The molecule has 3 aromatic rings. The maximum atomic E-state index is 13.3. The number of amides is 2. The van der Waals surface area contributed by atoms with Crippen LogP contribution in [0.3, 0.4) is 0 Å². The number of fused-ring (bicyclic) bond motifs is 1. The van der Waals surface area contributed by atoms with Crippen LogP contribution in [-0.2, 0) is 6.18 Å². The normalized spacial score (nSPS) is 14.1. The fourth-order valence-corrected chi connectivity index (χ4v) is 3.25. The zero-order valence-electron chi connectivity index (χ0n) is 15.1. The van der Waals surface area contributed by atoms with Gasteiger partial charge in [0.05, 0.1) is 11.3 Å². The Hall–Kier alpha value is -3.09. The molecule has 1 aliphatic rings. The van der Waals surface area contributed by atoms with Crippen molar-refractivity contribution >= 4 is 28.2 Å². The summed E-state index contributed by atoms with van der Waals surface area (Å²) in [6.07, 6.45) is 0.815. The quantitative estimate of drug-likeness (QED) is 0.599. The molecule has 0 spiro atoms. The lowest BCUT2D eigenvalue weighted by atomic mass is 10.1. The number of pyridine rings is 1. The van der Waals surface area contributed by atoms with Crippen molar-refractivity contribution in [1.29, 1.82) is 0 Å². The van der Waals surface area contributed by atoms with Crippen LogP contribution in [0.5, 0.6) is 0 Å². The lowest BCUT2D eigenvalue weighted by Gasteiger charge is -2.29. The number of aromatic nitrogens is 1. The fourth-order valence-electron chi connectivity index (χ4n) is 3.25. The first-order chi connectivity index (χ1) is 13.4. The van der Waals surface area contributed by atoms with Crippen LogP contribution in [0, 0.1) is 0 Å². The summed E-state index contributed by atoms with van der Waals surface area (Å²) in [5.41, 5.74) is 0.453. The Kier molecular flexibility index (Phi) is 4.45. The highest BCUT2D eigenvalue weighted by atomic mass is 19.4. The Balaban J connectivity index is 1.68. The van der Waals surface area contributed by atoms with Gasteiger partial charge in [-0.25, -0.2) is 4.79 Å². The van der Waals surface area contributed by atoms with Gasteiger partial charge in [0.15, 0.2) is 0 Å². The summed E-state index contributed by atoms with van der Waals surface area (Å²) in [4.78, 5) is 20.5. The highest BCUT2D eigenvalue weighted by Gasteiger charge is 2.36. The minimum atomic E-state index is -4.40. The first kappa shape index (κ1) is 18.3. The lowest BCUT2D eigenvalue weighted by molar-refractivity contribution is -0.137. The van der Waals surface area contributed by atoms with Crippen molar-refractivity contribution in [2.24, 2.45) is 0 Å². The van der Waals surface area contributed by atoms with Crippen molar-refractivity contribution in [3.63, 3.8) is 0 Å². The summed E-state index contributed by atoms with van der Waals surface area (Å²) in [7, 11) is 1.58. The molecule has 2 amide bonds. The molecule has 0 aliphatic heterocycles. The summed E-state index contributed by atoms with van der Waals surface area (Å²) in [6.45, 7) is 0. The summed E-state index contributed by atoms with van der Waals surface area (Å²) in [5, 5.41) is 1.84. The number of rotatable bonds is 3. The Morgan fingerprint density at radius 2 is 1.79 bits per heavy atom. The second kappa shape index (κ2) is 6.82. The number of alkyl halides is 3. The molecule has 0 bridgehead atoms. The van der Waals surface area contributed by atoms with E-state index in [1.165, 1.54) is 17.0 Å². The number of halogens is 3. The Morgan fingerprint density at radius 1 is 1.07 bits per heavy atom. The van der Waals surface area contributed by atoms with Crippen molar-refractivity contribution in [3.05, 3.63) is 66.5 Å². The Labute approximate surface area is 160 Å². The van der Waals surface area contributed by atoms with Gasteiger partial charge in [-0.15, -0.1) is 0 Å². The molecule has 0 N–H and O–H groups in total. The Bertz CT molecular complexity index is 1010. The molecule has 4 rings (SSSR count). The third kappa shape index (κ3) is 3.40. The second-order valence-electron chi connectivity index (χ2n) is 6.86. The standard InChI is InChI=1S/C21H18F3N3O/c1-26(16-7-5-15(6-8-16)21(22,23)24)20(28)27(17-9-10-17)19-4-2-3-14-13-25-12-11-18(14)19/h2-8,11-13,17H,9-10H2,1H3. The van der Waals surface area contributed by atoms with E-state index in [1.807, 2.05) is 24.3 Å². The van der Waals surface area contributed by atoms with Crippen molar-refractivity contribution in [1.82, 2.24) is 4.98 Å². The monoisotopic (exact) mass is 385 g/mol. The molecule has 7 heteroatoms. The van der Waals surface area contributed by atoms with Gasteiger partial charge in [-0.3, -0.25) is 14.8 Å². The minimum absolute atomic E-state index is 0.0863. The largest absolute Gasteiger partial charge is 0.416 e. The predicted octanol–water partition coefficient (Wildman–Crippen LogP) is 5.48. The van der Waals surface area contributed by atoms with E-state index in [9.17, 15) is 18.0 Å². The highest BCUT2D eigenvalue weighted by Crippen LogP contribution is 2.37. The molecule has 0 radical (unpaired) electrons. The number of urea groups is 1. The van der Waals surface area contributed by atoms with Gasteiger partial charge < -0.3 is 0 Å². The number of carbonyl (C=O) groups excluding carboxylic acids is 1. The van der Waals surface area contributed by atoms with Crippen molar-refractivity contribution in [2.45, 2.75) is 25.1 Å². The molecular weight excluding hydrogens is 367 g/mol. The summed E-state index contributed by atoms with van der Waals surface area (Å²) >= 11 is 0. The third-order valence-electron chi connectivity index (χ3n) is 4.90. The van der Waals surface area contributed by atoms with Gasteiger partial charge >= 0.3 is 12.2 Å². The molecular formula is C21H18F3N3O. The SMILES string of the molecule is CN(C(=O)N(c1cccc2cnccc12)C1CC1)c1ccc(C(F)(F)F)cc1. The van der Waals surface area contributed by atoms with Crippen molar-refractivity contribution in [2.75, 3.05) is 16.8 Å². The maximum absolute atomic E-state index is 13.3. The summed E-state index contributed by atoms with van der Waals surface area (Å²) < 4.78 is 38.4. The Morgan fingerprint density at radius 3 is 2.43 bits per heavy atom. The predicted molar refractivity (Wildman–Crippen MR) is 102 cm³/mol. The third-order valence-corrected chi connectivity index (χ3v) is 4.90. The molecule has 4 nitrogen and oxygen atoms in total. The highest BCUT2D eigenvalue weighted by molar-refractivity contribution is 6.09. The molecule has 1 saturated carbocycles. The number of nitrogens with zero attached hydrogens (tertiary/aromatic N) is 3. The van der Waals surface area contributed by atoms with E-state index in [2.05, 4.69) is 4.98 Å². The number of benzene rings is 2. The molecule has 1 aromatic heterocycles. The van der Waals surface area contributed by atoms with Crippen LogP contribution in [0.1, 0.15) is 18.4 Å². The van der Waals surface area contributed by atoms with Gasteiger partial charge in [0.25, 0.3) is 0 Å². The van der Waals surface area contributed by atoms with Crippen molar-refractivity contribution in [3.8, 4) is 0 Å². The molecule has 1 aliphatic carbocycles. The average molecular weight is 385 g/mol. The van der Waals surface area contributed by atoms with Gasteiger partial charge in [-0.2, -0.15) is 13.2 Å². The molecule has 1 heterocycles.